The Morgan fingerprint density at radius 1 is 1.36 bits per heavy atom. The van der Waals surface area contributed by atoms with Gasteiger partial charge >= 0.3 is 0 Å². The second-order valence-corrected chi connectivity index (χ2v) is 5.63. The third-order valence-corrected chi connectivity index (χ3v) is 2.72. The SMILES string of the molecule is C=C(CC(C)(C)C)N1CCC(N)CC1. The van der Waals surface area contributed by atoms with Gasteiger partial charge in [0.2, 0.25) is 0 Å². The van der Waals surface area contributed by atoms with E-state index in [1.165, 1.54) is 5.70 Å². The second kappa shape index (κ2) is 4.35. The van der Waals surface area contributed by atoms with Crippen molar-refractivity contribution in [2.75, 3.05) is 13.1 Å². The summed E-state index contributed by atoms with van der Waals surface area (Å²) in [4.78, 5) is 2.40. The van der Waals surface area contributed by atoms with Crippen molar-refractivity contribution in [3.63, 3.8) is 0 Å². The number of hydrogen-bond acceptors (Lipinski definition) is 2. The van der Waals surface area contributed by atoms with E-state index in [1.807, 2.05) is 0 Å². The van der Waals surface area contributed by atoms with Gasteiger partial charge in [-0.3, -0.25) is 0 Å². The average molecular weight is 196 g/mol. The molecule has 0 aromatic heterocycles. The lowest BCUT2D eigenvalue weighted by Gasteiger charge is -2.35. The predicted octanol–water partition coefficient (Wildman–Crippen LogP) is 2.36. The summed E-state index contributed by atoms with van der Waals surface area (Å²) in [5, 5.41) is 0. The van der Waals surface area contributed by atoms with Crippen LogP contribution in [-0.4, -0.2) is 24.0 Å². The molecule has 0 unspecified atom stereocenters. The molecule has 2 N–H and O–H groups in total. The summed E-state index contributed by atoms with van der Waals surface area (Å²) < 4.78 is 0. The lowest BCUT2D eigenvalue weighted by atomic mass is 9.90. The van der Waals surface area contributed by atoms with Gasteiger partial charge < -0.3 is 10.6 Å². The monoisotopic (exact) mass is 196 g/mol. The molecule has 1 heterocycles. The van der Waals surface area contributed by atoms with Gasteiger partial charge in [-0.05, 0) is 24.7 Å². The fourth-order valence-electron chi connectivity index (χ4n) is 1.94. The summed E-state index contributed by atoms with van der Waals surface area (Å²) in [5.74, 6) is 0. The van der Waals surface area contributed by atoms with Crippen LogP contribution in [0.15, 0.2) is 12.3 Å². The number of allylic oxidation sites excluding steroid dienone is 1. The van der Waals surface area contributed by atoms with Gasteiger partial charge in [-0.1, -0.05) is 27.4 Å². The van der Waals surface area contributed by atoms with Crippen molar-refractivity contribution in [3.8, 4) is 0 Å². The number of nitrogens with zero attached hydrogens (tertiary/aromatic N) is 1. The summed E-state index contributed by atoms with van der Waals surface area (Å²) in [6.07, 6.45) is 3.31. The molecule has 1 aliphatic rings. The van der Waals surface area contributed by atoms with E-state index < -0.39 is 0 Å². The maximum atomic E-state index is 5.87. The van der Waals surface area contributed by atoms with Crippen molar-refractivity contribution in [1.82, 2.24) is 4.90 Å². The van der Waals surface area contributed by atoms with Crippen LogP contribution in [0.1, 0.15) is 40.0 Å². The Morgan fingerprint density at radius 2 is 1.86 bits per heavy atom. The molecule has 0 atom stereocenters. The van der Waals surface area contributed by atoms with Gasteiger partial charge in [0.25, 0.3) is 0 Å². The quantitative estimate of drug-likeness (QED) is 0.734. The highest BCUT2D eigenvalue weighted by Gasteiger charge is 2.20. The summed E-state index contributed by atoms with van der Waals surface area (Å²) in [6.45, 7) is 13.1. The molecular weight excluding hydrogens is 172 g/mol. The zero-order valence-corrected chi connectivity index (χ0v) is 9.84. The molecule has 0 radical (unpaired) electrons. The topological polar surface area (TPSA) is 29.3 Å². The van der Waals surface area contributed by atoms with Crippen LogP contribution >= 0.6 is 0 Å². The third-order valence-electron chi connectivity index (χ3n) is 2.72. The standard InChI is InChI=1S/C12H24N2/c1-10(9-12(2,3)4)14-7-5-11(13)6-8-14/h11H,1,5-9,13H2,2-4H3. The molecule has 1 rings (SSSR count). The number of likely N-dealkylation sites (tertiary alicyclic amines) is 1. The van der Waals surface area contributed by atoms with Crippen molar-refractivity contribution in [3.05, 3.63) is 12.3 Å². The highest BCUT2D eigenvalue weighted by atomic mass is 15.1. The molecule has 1 saturated heterocycles. The smallest absolute Gasteiger partial charge is 0.0189 e. The number of nitrogens with two attached hydrogens (primary N) is 1. The maximum absolute atomic E-state index is 5.87. The van der Waals surface area contributed by atoms with Crippen LogP contribution in [-0.2, 0) is 0 Å². The number of piperidine rings is 1. The molecule has 0 spiro atoms. The zero-order chi connectivity index (χ0) is 10.8. The van der Waals surface area contributed by atoms with Crippen LogP contribution in [0.5, 0.6) is 0 Å². The Hall–Kier alpha value is -0.500. The summed E-state index contributed by atoms with van der Waals surface area (Å²) in [6, 6.07) is 0.411. The van der Waals surface area contributed by atoms with E-state index in [4.69, 9.17) is 5.73 Å². The molecule has 0 bridgehead atoms. The highest BCUT2D eigenvalue weighted by molar-refractivity contribution is 4.99. The fraction of sp³-hybridized carbons (Fsp3) is 0.833. The Morgan fingerprint density at radius 3 is 2.29 bits per heavy atom. The van der Waals surface area contributed by atoms with Gasteiger partial charge in [0, 0.05) is 24.8 Å². The van der Waals surface area contributed by atoms with Crippen LogP contribution < -0.4 is 5.73 Å². The van der Waals surface area contributed by atoms with Crippen LogP contribution in [0.2, 0.25) is 0 Å². The van der Waals surface area contributed by atoms with Crippen LogP contribution in [0, 0.1) is 5.41 Å². The third kappa shape index (κ3) is 3.70. The van der Waals surface area contributed by atoms with Gasteiger partial charge in [-0.15, -0.1) is 0 Å². The van der Waals surface area contributed by atoms with Gasteiger partial charge in [0.1, 0.15) is 0 Å². The molecule has 82 valence electrons. The molecule has 0 saturated carbocycles. The first-order chi connectivity index (χ1) is 6.38. The lowest BCUT2D eigenvalue weighted by Crippen LogP contribution is -2.39. The minimum atomic E-state index is 0.344. The molecule has 0 aliphatic carbocycles. The first-order valence-corrected chi connectivity index (χ1v) is 5.57. The zero-order valence-electron chi connectivity index (χ0n) is 9.84. The number of rotatable bonds is 2. The molecular formula is C12H24N2. The molecule has 14 heavy (non-hydrogen) atoms. The molecule has 1 aliphatic heterocycles. The minimum absolute atomic E-state index is 0.344. The second-order valence-electron chi connectivity index (χ2n) is 5.63. The fourth-order valence-corrected chi connectivity index (χ4v) is 1.94. The van der Waals surface area contributed by atoms with Crippen molar-refractivity contribution < 1.29 is 0 Å². The van der Waals surface area contributed by atoms with Gasteiger partial charge in [-0.25, -0.2) is 0 Å². The Balaban J connectivity index is 2.38. The van der Waals surface area contributed by atoms with Gasteiger partial charge in [-0.2, -0.15) is 0 Å². The van der Waals surface area contributed by atoms with E-state index in [-0.39, 0.29) is 0 Å². The van der Waals surface area contributed by atoms with E-state index in [2.05, 4.69) is 32.3 Å². The molecule has 0 amide bonds. The lowest BCUT2D eigenvalue weighted by molar-refractivity contribution is 0.237. The Labute approximate surface area is 88.2 Å². The van der Waals surface area contributed by atoms with Crippen LogP contribution in [0.4, 0.5) is 0 Å². The van der Waals surface area contributed by atoms with E-state index >= 15 is 0 Å². The molecule has 2 heteroatoms. The number of hydrogen-bond donors (Lipinski definition) is 1. The summed E-state index contributed by atoms with van der Waals surface area (Å²) in [7, 11) is 0. The molecule has 0 aromatic rings. The molecule has 0 aromatic carbocycles. The molecule has 1 fully saturated rings. The van der Waals surface area contributed by atoms with Crippen molar-refractivity contribution in [1.29, 1.82) is 0 Å². The van der Waals surface area contributed by atoms with Crippen LogP contribution in [0.25, 0.3) is 0 Å². The van der Waals surface area contributed by atoms with Crippen molar-refractivity contribution in [2.24, 2.45) is 11.1 Å². The van der Waals surface area contributed by atoms with E-state index in [9.17, 15) is 0 Å². The molecule has 2 nitrogen and oxygen atoms in total. The highest BCUT2D eigenvalue weighted by Crippen LogP contribution is 2.26. The van der Waals surface area contributed by atoms with Crippen LogP contribution in [0.3, 0.4) is 0 Å². The Bertz CT molecular complexity index is 195. The van der Waals surface area contributed by atoms with Gasteiger partial charge in [0.05, 0.1) is 0 Å². The van der Waals surface area contributed by atoms with E-state index in [1.54, 1.807) is 0 Å². The normalized spacial score (nSPS) is 19.9. The largest absolute Gasteiger partial charge is 0.375 e. The predicted molar refractivity (Wildman–Crippen MR) is 62.0 cm³/mol. The maximum Gasteiger partial charge on any atom is 0.0189 e. The minimum Gasteiger partial charge on any atom is -0.375 e. The van der Waals surface area contributed by atoms with Crippen molar-refractivity contribution >= 4 is 0 Å². The summed E-state index contributed by atoms with van der Waals surface area (Å²) in [5.41, 5.74) is 7.49. The first-order valence-electron chi connectivity index (χ1n) is 5.57. The van der Waals surface area contributed by atoms with Crippen molar-refractivity contribution in [2.45, 2.75) is 46.1 Å². The van der Waals surface area contributed by atoms with E-state index in [0.29, 0.717) is 11.5 Å². The van der Waals surface area contributed by atoms with Gasteiger partial charge in [0.15, 0.2) is 0 Å². The first kappa shape index (κ1) is 11.6. The summed E-state index contributed by atoms with van der Waals surface area (Å²) >= 11 is 0. The average Bonchev–Trinajstić information content (AvgIpc) is 2.02. The Kier molecular flexibility index (Phi) is 3.59. The van der Waals surface area contributed by atoms with E-state index in [0.717, 1.165) is 32.4 Å².